The number of thioether (sulfide) groups is 2. The Labute approximate surface area is 173 Å². The molecule has 1 heterocycles. The third-order valence-corrected chi connectivity index (χ3v) is 10.7. The number of rotatable bonds is 5. The fraction of sp³-hybridized carbons (Fsp3) is 0.0870. The predicted octanol–water partition coefficient (Wildman–Crippen LogP) is 5.53. The fourth-order valence-corrected chi connectivity index (χ4v) is 9.38. The minimum Gasteiger partial charge on any atom is -0.308 e. The molecule has 0 radical (unpaired) electrons. The Hall–Kier alpha value is -2.00. The third kappa shape index (κ3) is 3.65. The molecule has 0 bridgehead atoms. The van der Waals surface area contributed by atoms with Crippen molar-refractivity contribution in [3.63, 3.8) is 0 Å². The van der Waals surface area contributed by atoms with Gasteiger partial charge in [0.2, 0.25) is 0 Å². The summed E-state index contributed by atoms with van der Waals surface area (Å²) in [7, 11) is -3.32. The molecule has 4 rings (SSSR count). The molecule has 28 heavy (non-hydrogen) atoms. The lowest BCUT2D eigenvalue weighted by Crippen LogP contribution is -2.21. The summed E-state index contributed by atoms with van der Waals surface area (Å²) >= 11 is 3.28. The summed E-state index contributed by atoms with van der Waals surface area (Å²) in [4.78, 5) is 13.7. The summed E-state index contributed by atoms with van der Waals surface area (Å²) in [6, 6.07) is 28.0. The van der Waals surface area contributed by atoms with E-state index in [9.17, 15) is 9.36 Å². The van der Waals surface area contributed by atoms with E-state index >= 15 is 0 Å². The lowest BCUT2D eigenvalue weighted by molar-refractivity contribution is 0.104. The lowest BCUT2D eigenvalue weighted by Gasteiger charge is -2.23. The van der Waals surface area contributed by atoms with Crippen molar-refractivity contribution in [3.8, 4) is 0 Å². The van der Waals surface area contributed by atoms with Crippen molar-refractivity contribution in [3.05, 3.63) is 106 Å². The zero-order valence-electron chi connectivity index (χ0n) is 15.2. The van der Waals surface area contributed by atoms with E-state index in [-0.39, 0.29) is 5.78 Å². The van der Waals surface area contributed by atoms with Crippen LogP contribution in [0.1, 0.15) is 10.4 Å². The van der Waals surface area contributed by atoms with Crippen LogP contribution < -0.4 is 10.6 Å². The second-order valence-electron chi connectivity index (χ2n) is 6.31. The highest BCUT2D eigenvalue weighted by Gasteiger charge is 2.39. The van der Waals surface area contributed by atoms with E-state index in [1.54, 1.807) is 35.7 Å². The molecule has 1 fully saturated rings. The minimum absolute atomic E-state index is 0.145. The molecule has 0 atom stereocenters. The van der Waals surface area contributed by atoms with Crippen LogP contribution in [0.2, 0.25) is 0 Å². The molecule has 2 nitrogen and oxygen atoms in total. The molecule has 3 aromatic rings. The van der Waals surface area contributed by atoms with Crippen LogP contribution in [-0.2, 0) is 4.57 Å². The SMILES string of the molecule is O=C(C(=C1SCCS1)P(=O)(c1ccccc1)c1ccccc1)c1ccccc1. The number of carbonyl (C=O) groups is 1. The number of allylic oxidation sites excluding steroid dienone is 1. The van der Waals surface area contributed by atoms with Crippen LogP contribution >= 0.6 is 30.7 Å². The molecular weight excluding hydrogens is 403 g/mol. The number of carbonyl (C=O) groups excluding carboxylic acids is 1. The lowest BCUT2D eigenvalue weighted by atomic mass is 10.1. The average Bonchev–Trinajstić information content (AvgIpc) is 3.29. The first-order chi connectivity index (χ1) is 13.7. The van der Waals surface area contributed by atoms with Gasteiger partial charge in [0.05, 0.1) is 9.55 Å². The van der Waals surface area contributed by atoms with E-state index in [2.05, 4.69) is 0 Å². The van der Waals surface area contributed by atoms with E-state index in [0.717, 1.165) is 15.7 Å². The van der Waals surface area contributed by atoms with Gasteiger partial charge in [-0.05, 0) is 0 Å². The highest BCUT2D eigenvalue weighted by atomic mass is 32.2. The van der Waals surface area contributed by atoms with Crippen molar-refractivity contribution in [2.45, 2.75) is 0 Å². The Morgan fingerprint density at radius 3 is 1.57 bits per heavy atom. The van der Waals surface area contributed by atoms with E-state index in [0.29, 0.717) is 21.5 Å². The Morgan fingerprint density at radius 1 is 0.679 bits per heavy atom. The Morgan fingerprint density at radius 2 is 1.11 bits per heavy atom. The molecule has 0 spiro atoms. The van der Waals surface area contributed by atoms with Gasteiger partial charge in [-0.1, -0.05) is 91.0 Å². The molecule has 140 valence electrons. The van der Waals surface area contributed by atoms with Gasteiger partial charge in [0, 0.05) is 27.7 Å². The third-order valence-electron chi connectivity index (χ3n) is 4.55. The van der Waals surface area contributed by atoms with E-state index in [1.165, 1.54) is 0 Å². The van der Waals surface area contributed by atoms with Crippen molar-refractivity contribution in [2.75, 3.05) is 11.5 Å². The first kappa shape index (κ1) is 19.3. The Kier molecular flexibility index (Phi) is 5.91. The van der Waals surface area contributed by atoms with E-state index in [4.69, 9.17) is 0 Å². The second-order valence-corrected chi connectivity index (χ2v) is 11.5. The second kappa shape index (κ2) is 8.57. The number of hydrogen-bond acceptors (Lipinski definition) is 4. The zero-order valence-corrected chi connectivity index (χ0v) is 17.7. The molecular formula is C23H19O2PS2. The first-order valence-corrected chi connectivity index (χ1v) is 12.7. The number of benzene rings is 3. The van der Waals surface area contributed by atoms with E-state index < -0.39 is 7.14 Å². The number of Topliss-reactive ketones (excluding diaryl/α,β-unsaturated/α-hetero) is 1. The molecule has 1 saturated heterocycles. The standard InChI is InChI=1S/C23H19O2PS2/c24-21(18-10-4-1-5-11-18)22(23-27-16-17-28-23)26(25,19-12-6-2-7-13-19)20-14-8-3-9-15-20/h1-15H,16-17H2. The van der Waals surface area contributed by atoms with Gasteiger partial charge in [-0.3, -0.25) is 4.79 Å². The van der Waals surface area contributed by atoms with Crippen molar-refractivity contribution >= 4 is 47.1 Å². The molecule has 0 aromatic heterocycles. The quantitative estimate of drug-likeness (QED) is 0.307. The van der Waals surface area contributed by atoms with Crippen LogP contribution in [0.5, 0.6) is 0 Å². The topological polar surface area (TPSA) is 34.1 Å². The number of ketones is 1. The van der Waals surface area contributed by atoms with Crippen molar-refractivity contribution in [1.29, 1.82) is 0 Å². The maximum absolute atomic E-state index is 14.8. The van der Waals surface area contributed by atoms with Crippen LogP contribution in [0.15, 0.2) is 101 Å². The van der Waals surface area contributed by atoms with Crippen LogP contribution in [-0.4, -0.2) is 17.3 Å². The fourth-order valence-electron chi connectivity index (χ4n) is 3.22. The Balaban J connectivity index is 2.00. The predicted molar refractivity (Wildman–Crippen MR) is 122 cm³/mol. The molecule has 5 heteroatoms. The molecule has 0 amide bonds. The highest BCUT2D eigenvalue weighted by Crippen LogP contribution is 2.58. The van der Waals surface area contributed by atoms with Crippen molar-refractivity contribution in [1.82, 2.24) is 0 Å². The summed E-state index contributed by atoms with van der Waals surface area (Å²) < 4.78 is 15.7. The summed E-state index contributed by atoms with van der Waals surface area (Å²) in [5.74, 6) is 1.71. The van der Waals surface area contributed by atoms with Crippen LogP contribution in [0.3, 0.4) is 0 Å². The number of hydrogen-bond donors (Lipinski definition) is 0. The van der Waals surface area contributed by atoms with Gasteiger partial charge in [-0.2, -0.15) is 0 Å². The van der Waals surface area contributed by atoms with Crippen molar-refractivity contribution in [2.24, 2.45) is 0 Å². The van der Waals surface area contributed by atoms with Gasteiger partial charge in [-0.25, -0.2) is 0 Å². The van der Waals surface area contributed by atoms with Crippen LogP contribution in [0, 0.1) is 0 Å². The molecule has 0 saturated carbocycles. The summed E-state index contributed by atoms with van der Waals surface area (Å²) in [6.07, 6.45) is 0. The van der Waals surface area contributed by atoms with Gasteiger partial charge in [-0.15, -0.1) is 23.5 Å². The van der Waals surface area contributed by atoms with Gasteiger partial charge < -0.3 is 4.57 Å². The highest BCUT2D eigenvalue weighted by molar-refractivity contribution is 8.25. The maximum Gasteiger partial charge on any atom is 0.198 e. The zero-order chi connectivity index (χ0) is 19.4. The maximum atomic E-state index is 14.8. The summed E-state index contributed by atoms with van der Waals surface area (Å²) in [5, 5.41) is 1.84. The summed E-state index contributed by atoms with van der Waals surface area (Å²) in [6.45, 7) is 0. The monoisotopic (exact) mass is 422 g/mol. The normalized spacial score (nSPS) is 14.1. The van der Waals surface area contributed by atoms with Crippen LogP contribution in [0.25, 0.3) is 0 Å². The van der Waals surface area contributed by atoms with Gasteiger partial charge in [0.15, 0.2) is 12.9 Å². The smallest absolute Gasteiger partial charge is 0.198 e. The first-order valence-electron chi connectivity index (χ1n) is 9.03. The summed E-state index contributed by atoms with van der Waals surface area (Å²) in [5.41, 5.74) is 0.574. The van der Waals surface area contributed by atoms with Crippen LogP contribution in [0.4, 0.5) is 0 Å². The van der Waals surface area contributed by atoms with Crippen molar-refractivity contribution < 1.29 is 9.36 Å². The largest absolute Gasteiger partial charge is 0.308 e. The molecule has 1 aliphatic rings. The molecule has 1 aliphatic heterocycles. The minimum atomic E-state index is -3.32. The van der Waals surface area contributed by atoms with Gasteiger partial charge in [0.1, 0.15) is 0 Å². The molecule has 0 aliphatic carbocycles. The molecule has 0 unspecified atom stereocenters. The average molecular weight is 423 g/mol. The molecule has 3 aromatic carbocycles. The Bertz CT molecular complexity index is 996. The van der Waals surface area contributed by atoms with E-state index in [1.807, 2.05) is 78.9 Å². The molecule has 0 N–H and O–H groups in total. The van der Waals surface area contributed by atoms with Gasteiger partial charge >= 0.3 is 0 Å². The van der Waals surface area contributed by atoms with Gasteiger partial charge in [0.25, 0.3) is 0 Å².